The summed E-state index contributed by atoms with van der Waals surface area (Å²) in [4.78, 5) is 65.5. The highest BCUT2D eigenvalue weighted by Gasteiger charge is 2.43. The molecule has 0 N–H and O–H groups in total. The van der Waals surface area contributed by atoms with Crippen molar-refractivity contribution < 1.29 is 73.5 Å². The molecule has 0 unspecified atom stereocenters. The highest BCUT2D eigenvalue weighted by Crippen LogP contribution is 2.51. The van der Waals surface area contributed by atoms with E-state index in [0.29, 0.717) is 80.9 Å². The Morgan fingerprint density at radius 3 is 1.45 bits per heavy atom. The third-order valence-corrected chi connectivity index (χ3v) is 18.6. The Balaban J connectivity index is 0.902. The molecule has 514 valence electrons. The average molecular weight is 1380 g/mol. The molecule has 0 fully saturated rings. The van der Waals surface area contributed by atoms with Crippen LogP contribution in [0, 0.1) is 34.6 Å². The number of halogens is 8. The largest absolute Gasteiger partial charge is 0.486 e. The van der Waals surface area contributed by atoms with Gasteiger partial charge in [-0.3, -0.25) is 9.59 Å². The van der Waals surface area contributed by atoms with Crippen molar-refractivity contribution in [2.75, 3.05) is 13.2 Å². The first-order valence-corrected chi connectivity index (χ1v) is 32.9. The number of hydrogen-bond donors (Lipinski definition) is 0. The molecule has 2 aromatic heterocycles. The van der Waals surface area contributed by atoms with Crippen molar-refractivity contribution in [2.24, 2.45) is 10.3 Å². The van der Waals surface area contributed by atoms with E-state index in [1.807, 2.05) is 138 Å². The molecule has 10 aromatic carbocycles. The quantitative estimate of drug-likeness (QED) is 0.0154. The minimum absolute atomic E-state index is 0.0229. The molecule has 0 spiro atoms. The Morgan fingerprint density at radius 2 is 0.911 bits per heavy atom. The van der Waals surface area contributed by atoms with Crippen LogP contribution in [-0.4, -0.2) is 82.0 Å². The molecule has 1 aliphatic rings. The Hall–Kier alpha value is -11.0. The number of benzene rings is 10. The number of ketones is 2. The smallest absolute Gasteiger partial charge is 0.340 e. The average Bonchev–Trinajstić information content (AvgIpc) is 1.54. The number of carbonyl (C=O) groups excluding carboxylic acids is 4. The number of carbonyl (C=O) groups is 4. The van der Waals surface area contributed by atoms with Crippen LogP contribution in [0.2, 0.25) is 0 Å². The SMILES string of the molecule is CC(=O)O/N=C(/c1ccc2c(c1)c1cc(C(=O)c3c(C)cc(C)cc3C)c3ccccc3c1n2CCCCCCn1c2ccc(/C(=N/OC(C)=O)c3ccccc3OCC(F)(F)C(F)F)cc2c2c3c(c4ccccc4c21)C(=O)c1c(C)cc(C)cc1-3)c1ccccc1OCC(F)(F)C(F)F. The van der Waals surface area contributed by atoms with Gasteiger partial charge >= 0.3 is 36.6 Å². The van der Waals surface area contributed by atoms with E-state index in [1.165, 1.54) is 36.4 Å². The van der Waals surface area contributed by atoms with E-state index in [-0.39, 0.29) is 45.6 Å². The molecule has 0 bridgehead atoms. The van der Waals surface area contributed by atoms with E-state index in [2.05, 4.69) is 19.4 Å². The van der Waals surface area contributed by atoms with Crippen molar-refractivity contribution in [1.29, 1.82) is 0 Å². The van der Waals surface area contributed by atoms with Gasteiger partial charge in [-0.1, -0.05) is 143 Å². The standard InChI is InChI=1S/C81H66F8N4O8/c1-43-34-45(3)67(46(4)35-43)76(96)60-40-59-58-38-50(72(90-100-48(6)94)56-24-14-16-26-65(56)98-41-80(86,87)78(82)83)28-30-63(58)92(74(59)54-22-12-10-20-52(54)60)32-18-8-9-19-33-93-64-31-29-51(73(91-101-49(7)95)57-25-15-17-27-66(57)99-42-81(88,89)79(84)85)39-61(64)70-69-62-37-44(2)36-47(5)68(62)77(97)71(69)53-21-11-13-23-55(53)75(70)93/h10-17,20-31,34-40,78-79H,8-9,18-19,32-33,41-42H2,1-7H3/b90-72-,91-73-. The number of ether oxygens (including phenoxy) is 2. The first-order valence-electron chi connectivity index (χ1n) is 32.9. The summed E-state index contributed by atoms with van der Waals surface area (Å²) in [5.41, 5.74) is 12.0. The second-order valence-corrected chi connectivity index (χ2v) is 25.7. The molecular formula is C81H66F8N4O8. The number of aryl methyl sites for hydroxylation is 7. The lowest BCUT2D eigenvalue weighted by atomic mass is 9.89. The summed E-state index contributed by atoms with van der Waals surface area (Å²) in [6.45, 7) is 9.61. The van der Waals surface area contributed by atoms with Crippen LogP contribution in [0.25, 0.3) is 76.3 Å². The van der Waals surface area contributed by atoms with Crippen molar-refractivity contribution in [3.8, 4) is 22.6 Å². The second-order valence-electron chi connectivity index (χ2n) is 25.7. The maximum absolute atomic E-state index is 15.2. The molecule has 0 amide bonds. The lowest BCUT2D eigenvalue weighted by molar-refractivity contribution is -0.148. The lowest BCUT2D eigenvalue weighted by Crippen LogP contribution is -2.34. The number of nitrogens with zero attached hydrogens (tertiary/aromatic N) is 4. The van der Waals surface area contributed by atoms with Crippen LogP contribution in [0.4, 0.5) is 35.1 Å². The fourth-order valence-corrected chi connectivity index (χ4v) is 14.4. The number of aromatic nitrogens is 2. The normalized spacial score (nSPS) is 12.9. The lowest BCUT2D eigenvalue weighted by Gasteiger charge is -2.18. The molecule has 2 heterocycles. The van der Waals surface area contributed by atoms with Crippen molar-refractivity contribution in [2.45, 2.75) is 112 Å². The number of unbranched alkanes of at least 4 members (excludes halogenated alkanes) is 3. The summed E-state index contributed by atoms with van der Waals surface area (Å²) in [5.74, 6) is -11.3. The third-order valence-electron chi connectivity index (χ3n) is 18.6. The number of para-hydroxylation sites is 2. The van der Waals surface area contributed by atoms with Crippen LogP contribution in [0.15, 0.2) is 174 Å². The summed E-state index contributed by atoms with van der Waals surface area (Å²) < 4.78 is 127. The van der Waals surface area contributed by atoms with Crippen LogP contribution in [0.1, 0.15) is 121 Å². The van der Waals surface area contributed by atoms with E-state index < -0.39 is 49.8 Å². The number of rotatable bonds is 23. The molecule has 12 aromatic rings. The van der Waals surface area contributed by atoms with Gasteiger partial charge in [0.25, 0.3) is 0 Å². The van der Waals surface area contributed by atoms with Gasteiger partial charge in [0.2, 0.25) is 0 Å². The maximum atomic E-state index is 15.2. The summed E-state index contributed by atoms with van der Waals surface area (Å²) in [5, 5.41) is 14.3. The van der Waals surface area contributed by atoms with Crippen molar-refractivity contribution in [1.82, 2.24) is 9.13 Å². The molecule has 0 radical (unpaired) electrons. The molecule has 101 heavy (non-hydrogen) atoms. The van der Waals surface area contributed by atoms with Crippen molar-refractivity contribution in [3.05, 3.63) is 236 Å². The zero-order valence-electron chi connectivity index (χ0n) is 56.0. The fourth-order valence-electron chi connectivity index (χ4n) is 14.4. The van der Waals surface area contributed by atoms with Gasteiger partial charge in [-0.05, 0) is 135 Å². The third kappa shape index (κ3) is 12.7. The molecule has 20 heteroatoms. The van der Waals surface area contributed by atoms with Gasteiger partial charge in [-0.25, -0.2) is 27.2 Å². The topological polar surface area (TPSA) is 140 Å². The molecule has 0 saturated heterocycles. The number of hydrogen-bond acceptors (Lipinski definition) is 10. The Bertz CT molecular complexity index is 5450. The highest BCUT2D eigenvalue weighted by atomic mass is 19.3. The van der Waals surface area contributed by atoms with Gasteiger partial charge in [-0.15, -0.1) is 0 Å². The van der Waals surface area contributed by atoms with Crippen LogP contribution >= 0.6 is 0 Å². The van der Waals surface area contributed by atoms with Gasteiger partial charge in [0.05, 0.1) is 11.0 Å². The minimum atomic E-state index is -4.50. The van der Waals surface area contributed by atoms with Crippen LogP contribution in [-0.2, 0) is 32.4 Å². The van der Waals surface area contributed by atoms with Gasteiger partial charge < -0.3 is 28.3 Å². The molecule has 0 aliphatic heterocycles. The molecule has 0 saturated carbocycles. The fraction of sp³-hybridized carbons (Fsp3) is 0.235. The highest BCUT2D eigenvalue weighted by molar-refractivity contribution is 6.38. The first kappa shape index (κ1) is 68.5. The van der Waals surface area contributed by atoms with E-state index in [4.69, 9.17) is 19.1 Å². The minimum Gasteiger partial charge on any atom is -0.486 e. The van der Waals surface area contributed by atoms with E-state index in [9.17, 15) is 49.5 Å². The van der Waals surface area contributed by atoms with Gasteiger partial charge in [0.15, 0.2) is 24.8 Å². The van der Waals surface area contributed by atoms with Crippen molar-refractivity contribution >= 4 is 100 Å². The maximum Gasteiger partial charge on any atom is 0.340 e. The van der Waals surface area contributed by atoms with Gasteiger partial charge in [0, 0.05) is 120 Å². The zero-order chi connectivity index (χ0) is 71.5. The Kier molecular flexibility index (Phi) is 18.5. The predicted octanol–water partition coefficient (Wildman–Crippen LogP) is 19.6. The monoisotopic (exact) mass is 1370 g/mol. The van der Waals surface area contributed by atoms with E-state index >= 15 is 4.79 Å². The van der Waals surface area contributed by atoms with Crippen LogP contribution in [0.5, 0.6) is 11.5 Å². The summed E-state index contributed by atoms with van der Waals surface area (Å²) in [7, 11) is 0. The number of alkyl halides is 8. The predicted molar refractivity (Wildman–Crippen MR) is 375 cm³/mol. The van der Waals surface area contributed by atoms with Crippen LogP contribution < -0.4 is 9.47 Å². The summed E-state index contributed by atoms with van der Waals surface area (Å²) in [6, 6.07) is 47.9. The van der Waals surface area contributed by atoms with Gasteiger partial charge in [0.1, 0.15) is 22.9 Å². The van der Waals surface area contributed by atoms with Crippen molar-refractivity contribution in [3.63, 3.8) is 0 Å². The number of oxime groups is 2. The molecule has 1 aliphatic carbocycles. The second kappa shape index (κ2) is 27.3. The molecule has 12 nitrogen and oxygen atoms in total. The van der Waals surface area contributed by atoms with E-state index in [1.54, 1.807) is 24.3 Å². The van der Waals surface area contributed by atoms with Crippen LogP contribution in [0.3, 0.4) is 0 Å². The first-order chi connectivity index (χ1) is 48.3. The molecule has 13 rings (SSSR count). The zero-order valence-corrected chi connectivity index (χ0v) is 56.0. The molecular weight excluding hydrogens is 1310 g/mol. The summed E-state index contributed by atoms with van der Waals surface area (Å²) >= 11 is 0. The number of fused-ring (bicyclic) bond motifs is 15. The Labute approximate surface area is 574 Å². The summed E-state index contributed by atoms with van der Waals surface area (Å²) in [6.07, 6.45) is -5.26. The molecule has 0 atom stereocenters. The Morgan fingerprint density at radius 1 is 0.455 bits per heavy atom. The van der Waals surface area contributed by atoms with Gasteiger partial charge in [-0.2, -0.15) is 17.6 Å². The van der Waals surface area contributed by atoms with E-state index in [0.717, 1.165) is 109 Å².